The molecule has 4 N–H and O–H groups in total. The number of amides is 2. The van der Waals surface area contributed by atoms with Gasteiger partial charge in [0.25, 0.3) is 0 Å². The lowest BCUT2D eigenvalue weighted by Gasteiger charge is -2.27. The average molecular weight is 392 g/mol. The maximum Gasteiger partial charge on any atom is 0.239 e. The molecular weight excluding hydrogens is 365 g/mol. The highest BCUT2D eigenvalue weighted by atomic mass is 35.5. The van der Waals surface area contributed by atoms with E-state index in [0.29, 0.717) is 31.7 Å². The van der Waals surface area contributed by atoms with E-state index >= 15 is 0 Å². The molecule has 0 spiro atoms. The minimum absolute atomic E-state index is 0. The van der Waals surface area contributed by atoms with Crippen LogP contribution in [-0.4, -0.2) is 43.0 Å². The molecule has 0 atom stereocenters. The molecule has 25 heavy (non-hydrogen) atoms. The molecule has 9 heteroatoms. The molecule has 1 fully saturated rings. The summed E-state index contributed by atoms with van der Waals surface area (Å²) in [6.45, 7) is 2.40. The number of carbonyl (C=O) groups is 2. The predicted molar refractivity (Wildman–Crippen MR) is 105 cm³/mol. The summed E-state index contributed by atoms with van der Waals surface area (Å²) in [4.78, 5) is 29.5. The van der Waals surface area contributed by atoms with Crippen LogP contribution in [0.2, 0.25) is 0 Å². The Morgan fingerprint density at radius 1 is 1.24 bits per heavy atom. The lowest BCUT2D eigenvalue weighted by molar-refractivity contribution is -0.120. The number of rotatable bonds is 8. The van der Waals surface area contributed by atoms with E-state index in [1.54, 1.807) is 6.20 Å². The van der Waals surface area contributed by atoms with Crippen molar-refractivity contribution in [2.24, 2.45) is 5.73 Å². The van der Waals surface area contributed by atoms with Crippen molar-refractivity contribution >= 4 is 48.1 Å². The van der Waals surface area contributed by atoms with Gasteiger partial charge in [0.05, 0.1) is 18.4 Å². The van der Waals surface area contributed by atoms with E-state index in [4.69, 9.17) is 5.73 Å². The average Bonchev–Trinajstić information content (AvgIpc) is 2.55. The number of nitrogens with two attached hydrogens (primary N) is 1. The molecule has 2 heterocycles. The zero-order chi connectivity index (χ0) is 16.5. The third-order valence-corrected chi connectivity index (χ3v) is 3.75. The van der Waals surface area contributed by atoms with Gasteiger partial charge in [-0.2, -0.15) is 0 Å². The number of halogens is 2. The Labute approximate surface area is 160 Å². The highest BCUT2D eigenvalue weighted by Crippen LogP contribution is 2.15. The lowest BCUT2D eigenvalue weighted by Crippen LogP contribution is -2.48. The van der Waals surface area contributed by atoms with Gasteiger partial charge in [0.15, 0.2) is 0 Å². The molecule has 2 rings (SSSR count). The SMILES string of the molecule is Cl.Cl.NCCCCCCC(=O)Nc1ccc(N2CCNC(=O)C2)nc1. The first-order chi connectivity index (χ1) is 11.2. The monoisotopic (exact) mass is 391 g/mol. The third kappa shape index (κ3) is 8.38. The van der Waals surface area contributed by atoms with Crippen LogP contribution in [-0.2, 0) is 9.59 Å². The third-order valence-electron chi connectivity index (χ3n) is 3.75. The minimum atomic E-state index is 0. The van der Waals surface area contributed by atoms with Crippen molar-refractivity contribution in [3.05, 3.63) is 18.3 Å². The van der Waals surface area contributed by atoms with Crippen LogP contribution in [0.5, 0.6) is 0 Å². The molecular formula is C16H27Cl2N5O2. The van der Waals surface area contributed by atoms with Crippen molar-refractivity contribution in [2.45, 2.75) is 32.1 Å². The highest BCUT2D eigenvalue weighted by molar-refractivity contribution is 5.90. The van der Waals surface area contributed by atoms with E-state index < -0.39 is 0 Å². The Morgan fingerprint density at radius 3 is 2.64 bits per heavy atom. The van der Waals surface area contributed by atoms with Gasteiger partial charge in [-0.1, -0.05) is 12.8 Å². The number of pyridine rings is 1. The number of anilines is 2. The van der Waals surface area contributed by atoms with Crippen LogP contribution in [0.15, 0.2) is 18.3 Å². The van der Waals surface area contributed by atoms with Crippen LogP contribution in [0, 0.1) is 0 Å². The molecule has 1 aromatic heterocycles. The second-order valence-electron chi connectivity index (χ2n) is 5.68. The minimum Gasteiger partial charge on any atom is -0.353 e. The maximum absolute atomic E-state index is 11.8. The zero-order valence-electron chi connectivity index (χ0n) is 14.2. The van der Waals surface area contributed by atoms with Crippen LogP contribution < -0.4 is 21.3 Å². The topological polar surface area (TPSA) is 100 Å². The molecule has 142 valence electrons. The van der Waals surface area contributed by atoms with Gasteiger partial charge in [-0.3, -0.25) is 9.59 Å². The van der Waals surface area contributed by atoms with Crippen LogP contribution in [0.25, 0.3) is 0 Å². The lowest BCUT2D eigenvalue weighted by atomic mass is 10.1. The predicted octanol–water partition coefficient (Wildman–Crippen LogP) is 1.71. The number of carbonyl (C=O) groups excluding carboxylic acids is 2. The van der Waals surface area contributed by atoms with Gasteiger partial charge in [-0.15, -0.1) is 24.8 Å². The fourth-order valence-electron chi connectivity index (χ4n) is 2.49. The van der Waals surface area contributed by atoms with E-state index in [0.717, 1.165) is 38.0 Å². The molecule has 1 aliphatic rings. The summed E-state index contributed by atoms with van der Waals surface area (Å²) in [7, 11) is 0. The summed E-state index contributed by atoms with van der Waals surface area (Å²) in [5, 5.41) is 5.63. The van der Waals surface area contributed by atoms with Crippen LogP contribution in [0.3, 0.4) is 0 Å². The molecule has 1 saturated heterocycles. The van der Waals surface area contributed by atoms with Gasteiger partial charge in [0, 0.05) is 19.5 Å². The zero-order valence-corrected chi connectivity index (χ0v) is 15.8. The second-order valence-corrected chi connectivity index (χ2v) is 5.68. The molecule has 0 bridgehead atoms. The summed E-state index contributed by atoms with van der Waals surface area (Å²) < 4.78 is 0. The van der Waals surface area contributed by atoms with E-state index in [2.05, 4.69) is 15.6 Å². The van der Waals surface area contributed by atoms with E-state index in [-0.39, 0.29) is 36.6 Å². The first-order valence-electron chi connectivity index (χ1n) is 8.16. The molecule has 7 nitrogen and oxygen atoms in total. The number of unbranched alkanes of at least 4 members (excludes halogenated alkanes) is 3. The van der Waals surface area contributed by atoms with Gasteiger partial charge in [0.1, 0.15) is 5.82 Å². The summed E-state index contributed by atoms with van der Waals surface area (Å²) in [6, 6.07) is 3.65. The standard InChI is InChI=1S/C16H25N5O2.2ClH/c17-8-4-2-1-3-5-15(22)20-13-6-7-14(19-11-13)21-10-9-18-16(23)12-21;;/h6-7,11H,1-5,8-10,12,17H2,(H,18,23)(H,20,22);2*1H. The quantitative estimate of drug-likeness (QED) is 0.585. The van der Waals surface area contributed by atoms with Crippen molar-refractivity contribution in [2.75, 3.05) is 36.4 Å². The summed E-state index contributed by atoms with van der Waals surface area (Å²) in [5.41, 5.74) is 6.12. The number of nitrogens with one attached hydrogen (secondary N) is 2. The second kappa shape index (κ2) is 12.7. The number of aromatic nitrogens is 1. The van der Waals surface area contributed by atoms with E-state index in [1.807, 2.05) is 17.0 Å². The number of nitrogens with zero attached hydrogens (tertiary/aromatic N) is 2. The van der Waals surface area contributed by atoms with Gasteiger partial charge >= 0.3 is 0 Å². The van der Waals surface area contributed by atoms with Gasteiger partial charge in [-0.25, -0.2) is 4.98 Å². The molecule has 0 saturated carbocycles. The van der Waals surface area contributed by atoms with Crippen molar-refractivity contribution in [3.63, 3.8) is 0 Å². The Morgan fingerprint density at radius 2 is 2.00 bits per heavy atom. The van der Waals surface area contributed by atoms with Crippen LogP contribution in [0.1, 0.15) is 32.1 Å². The van der Waals surface area contributed by atoms with E-state index in [1.165, 1.54) is 0 Å². The van der Waals surface area contributed by atoms with E-state index in [9.17, 15) is 9.59 Å². The summed E-state index contributed by atoms with van der Waals surface area (Å²) in [6.07, 6.45) is 6.14. The first-order valence-corrected chi connectivity index (χ1v) is 8.16. The normalized spacial score (nSPS) is 13.3. The van der Waals surface area contributed by atoms with Crippen LogP contribution >= 0.6 is 24.8 Å². The van der Waals surface area contributed by atoms with Gasteiger partial charge in [-0.05, 0) is 31.5 Å². The fourth-order valence-corrected chi connectivity index (χ4v) is 2.49. The highest BCUT2D eigenvalue weighted by Gasteiger charge is 2.17. The molecule has 1 aromatic rings. The van der Waals surface area contributed by atoms with Gasteiger partial charge < -0.3 is 21.3 Å². The fraction of sp³-hybridized carbons (Fsp3) is 0.562. The Bertz CT molecular complexity index is 528. The first kappa shape index (κ1) is 23.4. The maximum atomic E-state index is 11.8. The largest absolute Gasteiger partial charge is 0.353 e. The Hall–Kier alpha value is -1.57. The van der Waals surface area contributed by atoms with Crippen LogP contribution in [0.4, 0.5) is 11.5 Å². The van der Waals surface area contributed by atoms with Crippen molar-refractivity contribution in [3.8, 4) is 0 Å². The number of piperazine rings is 1. The molecule has 1 aliphatic heterocycles. The molecule has 0 radical (unpaired) electrons. The van der Waals surface area contributed by atoms with Crippen molar-refractivity contribution in [1.82, 2.24) is 10.3 Å². The Kier molecular flexibility index (Phi) is 11.9. The van der Waals surface area contributed by atoms with Crippen molar-refractivity contribution < 1.29 is 9.59 Å². The number of hydrogen-bond donors (Lipinski definition) is 3. The Balaban J connectivity index is 0.00000288. The molecule has 0 aliphatic carbocycles. The smallest absolute Gasteiger partial charge is 0.239 e. The number of hydrogen-bond acceptors (Lipinski definition) is 5. The van der Waals surface area contributed by atoms with Crippen molar-refractivity contribution in [1.29, 1.82) is 0 Å². The molecule has 0 unspecified atom stereocenters. The summed E-state index contributed by atoms with van der Waals surface area (Å²) in [5.74, 6) is 0.759. The summed E-state index contributed by atoms with van der Waals surface area (Å²) >= 11 is 0. The molecule has 2 amide bonds. The molecule has 0 aromatic carbocycles. The van der Waals surface area contributed by atoms with Gasteiger partial charge in [0.2, 0.25) is 11.8 Å².